The number of hydroxylamine groups is 2. The number of carbonyl (C=O) groups excluding carboxylic acids is 2. The van der Waals surface area contributed by atoms with Crippen LogP contribution in [0.15, 0.2) is 24.3 Å². The van der Waals surface area contributed by atoms with Crippen LogP contribution in [-0.2, 0) is 20.8 Å². The molecule has 2 atom stereocenters. The molecule has 0 aliphatic rings. The van der Waals surface area contributed by atoms with E-state index in [9.17, 15) is 19.2 Å². The average Bonchev–Trinajstić information content (AvgIpc) is 2.53. The van der Waals surface area contributed by atoms with E-state index in [4.69, 9.17) is 10.6 Å². The Balaban J connectivity index is 2.66. The zero-order chi connectivity index (χ0) is 18.3. The number of phenols is 1. The van der Waals surface area contributed by atoms with Gasteiger partial charge in [-0.1, -0.05) is 30.0 Å². The molecule has 0 radical (unpaired) electrons. The Bertz CT molecular complexity index is 551. The van der Waals surface area contributed by atoms with Crippen molar-refractivity contribution in [1.82, 2.24) is 10.2 Å². The lowest BCUT2D eigenvalue weighted by molar-refractivity contribution is -0.202. The average molecular weight is 341 g/mol. The van der Waals surface area contributed by atoms with E-state index in [2.05, 4.69) is 0 Å². The molecule has 1 rings (SSSR count). The number of benzene rings is 1. The molecule has 0 heterocycles. The second-order valence-corrected chi connectivity index (χ2v) is 5.55. The number of phenolic OH excluding ortho intramolecular Hbond substituents is 1. The molecular weight excluding hydrogens is 317 g/mol. The third-order valence-electron chi connectivity index (χ3n) is 3.52. The van der Waals surface area contributed by atoms with Crippen LogP contribution in [0.1, 0.15) is 25.3 Å². The van der Waals surface area contributed by atoms with Crippen molar-refractivity contribution in [2.45, 2.75) is 38.3 Å². The Morgan fingerprint density at radius 3 is 2.38 bits per heavy atom. The van der Waals surface area contributed by atoms with Gasteiger partial charge in [0.1, 0.15) is 17.8 Å². The number of carbonyl (C=O) groups is 2. The first kappa shape index (κ1) is 19.9. The molecule has 134 valence electrons. The van der Waals surface area contributed by atoms with E-state index in [-0.39, 0.29) is 17.3 Å². The van der Waals surface area contributed by atoms with Crippen LogP contribution in [0.5, 0.6) is 5.75 Å². The van der Waals surface area contributed by atoms with Gasteiger partial charge in [0.05, 0.1) is 0 Å². The summed E-state index contributed by atoms with van der Waals surface area (Å²) in [7, 11) is 2.39. The predicted molar refractivity (Wildman–Crippen MR) is 86.2 cm³/mol. The first-order valence-corrected chi connectivity index (χ1v) is 7.67. The third kappa shape index (κ3) is 5.78. The van der Waals surface area contributed by atoms with E-state index in [1.807, 2.05) is 6.92 Å². The molecule has 0 aliphatic heterocycles. The highest BCUT2D eigenvalue weighted by Gasteiger charge is 2.29. The van der Waals surface area contributed by atoms with Crippen molar-refractivity contribution in [2.24, 2.45) is 5.73 Å². The van der Waals surface area contributed by atoms with Gasteiger partial charge in [-0.2, -0.15) is 5.12 Å². The van der Waals surface area contributed by atoms with E-state index < -0.39 is 24.0 Å². The van der Waals surface area contributed by atoms with Crippen molar-refractivity contribution in [3.05, 3.63) is 29.8 Å². The number of rotatable bonds is 8. The number of halogens is 1. The molecule has 0 fully saturated rings. The molecule has 1 aromatic rings. The van der Waals surface area contributed by atoms with Crippen molar-refractivity contribution < 1.29 is 24.0 Å². The molecule has 0 bridgehead atoms. The molecule has 8 heteroatoms. The fourth-order valence-corrected chi connectivity index (χ4v) is 2.18. The van der Waals surface area contributed by atoms with Crippen LogP contribution >= 0.6 is 0 Å². The molecule has 1 aromatic carbocycles. The van der Waals surface area contributed by atoms with Crippen LogP contribution in [-0.4, -0.2) is 53.3 Å². The molecule has 0 saturated heterocycles. The minimum Gasteiger partial charge on any atom is -0.508 e. The van der Waals surface area contributed by atoms with Gasteiger partial charge in [0.2, 0.25) is 0 Å². The summed E-state index contributed by atoms with van der Waals surface area (Å²) in [4.78, 5) is 29.0. The van der Waals surface area contributed by atoms with Crippen LogP contribution in [0.4, 0.5) is 4.48 Å². The zero-order valence-electron chi connectivity index (χ0n) is 14.1. The Morgan fingerprint density at radius 2 is 1.88 bits per heavy atom. The van der Waals surface area contributed by atoms with Crippen LogP contribution < -0.4 is 5.73 Å². The quantitative estimate of drug-likeness (QED) is 0.544. The van der Waals surface area contributed by atoms with E-state index in [1.54, 1.807) is 12.1 Å². The fourth-order valence-electron chi connectivity index (χ4n) is 2.18. The molecule has 0 saturated carbocycles. The Morgan fingerprint density at radius 1 is 1.29 bits per heavy atom. The van der Waals surface area contributed by atoms with E-state index in [0.717, 1.165) is 17.7 Å². The molecule has 0 aromatic heterocycles. The van der Waals surface area contributed by atoms with Gasteiger partial charge < -0.3 is 15.7 Å². The summed E-state index contributed by atoms with van der Waals surface area (Å²) in [6.07, 6.45) is 1.16. The fraction of sp³-hybridized carbons (Fsp3) is 0.500. The van der Waals surface area contributed by atoms with Gasteiger partial charge in [-0.05, 0) is 30.5 Å². The van der Waals surface area contributed by atoms with Gasteiger partial charge in [0.15, 0.2) is 0 Å². The Kier molecular flexibility index (Phi) is 7.60. The van der Waals surface area contributed by atoms with Crippen molar-refractivity contribution in [3.8, 4) is 5.75 Å². The van der Waals surface area contributed by atoms with Crippen molar-refractivity contribution in [1.29, 1.82) is 0 Å². The monoisotopic (exact) mass is 341 g/mol. The smallest absolute Gasteiger partial charge is 0.342 e. The first-order chi connectivity index (χ1) is 11.3. The normalized spacial score (nSPS) is 13.4. The number of amides is 1. The molecule has 3 N–H and O–H groups in total. The van der Waals surface area contributed by atoms with E-state index in [1.165, 1.54) is 19.2 Å². The minimum atomic E-state index is -0.947. The largest absolute Gasteiger partial charge is 0.508 e. The lowest BCUT2D eigenvalue weighted by Gasteiger charge is -2.27. The topological polar surface area (TPSA) is 96.1 Å². The second kappa shape index (κ2) is 9.19. The van der Waals surface area contributed by atoms with Gasteiger partial charge in [0.25, 0.3) is 5.91 Å². The van der Waals surface area contributed by atoms with Crippen LogP contribution in [0, 0.1) is 0 Å². The maximum atomic E-state index is 13.1. The van der Waals surface area contributed by atoms with Gasteiger partial charge in [-0.3, -0.25) is 4.79 Å². The number of hydrogen-bond acceptors (Lipinski definition) is 6. The molecular formula is C16H24FN3O4. The van der Waals surface area contributed by atoms with Crippen molar-refractivity contribution in [3.63, 3.8) is 0 Å². The Hall–Kier alpha value is -2.19. The van der Waals surface area contributed by atoms with Crippen molar-refractivity contribution >= 4 is 11.9 Å². The van der Waals surface area contributed by atoms with Gasteiger partial charge >= 0.3 is 5.97 Å². The van der Waals surface area contributed by atoms with Crippen LogP contribution in [0.3, 0.4) is 0 Å². The van der Waals surface area contributed by atoms with E-state index >= 15 is 0 Å². The van der Waals surface area contributed by atoms with Gasteiger partial charge in [-0.15, -0.1) is 5.06 Å². The first-order valence-electron chi connectivity index (χ1n) is 7.67. The highest BCUT2D eigenvalue weighted by molar-refractivity contribution is 5.81. The summed E-state index contributed by atoms with van der Waals surface area (Å²) in [5, 5.41) is 10.2. The maximum absolute atomic E-state index is 13.1. The maximum Gasteiger partial charge on any atom is 0.342 e. The number of nitrogens with two attached hydrogens (primary N) is 1. The van der Waals surface area contributed by atoms with Crippen LogP contribution in [0.25, 0.3) is 0 Å². The standard InChI is InChI=1S/C16H24FN3O4/c1-4-5-14(15(22)19(2)17)20(3)24-16(23)13(18)10-11-6-8-12(21)9-7-11/h6-9,13-14,21H,4-5,10,18H2,1-3H3/t13-,14-/m0/s1. The molecule has 24 heavy (non-hydrogen) atoms. The highest BCUT2D eigenvalue weighted by Crippen LogP contribution is 2.13. The molecule has 0 spiro atoms. The molecule has 0 unspecified atom stereocenters. The lowest BCUT2D eigenvalue weighted by Crippen LogP contribution is -2.47. The van der Waals surface area contributed by atoms with Gasteiger partial charge in [-0.25, -0.2) is 4.79 Å². The SMILES string of the molecule is CCC[C@@H](C(=O)N(C)F)N(C)OC(=O)[C@@H](N)Cc1ccc(O)cc1. The highest BCUT2D eigenvalue weighted by atomic mass is 19.2. The summed E-state index contributed by atoms with van der Waals surface area (Å²) in [6, 6.07) is 4.42. The Labute approximate surface area is 140 Å². The summed E-state index contributed by atoms with van der Waals surface area (Å²) >= 11 is 0. The minimum absolute atomic E-state index is 0.0268. The second-order valence-electron chi connectivity index (χ2n) is 5.55. The summed E-state index contributed by atoms with van der Waals surface area (Å²) in [6.45, 7) is 1.84. The number of aromatic hydroxyl groups is 1. The predicted octanol–water partition coefficient (Wildman–Crippen LogP) is 1.16. The number of hydrogen-bond donors (Lipinski definition) is 2. The molecule has 7 nitrogen and oxygen atoms in total. The number of nitrogens with zero attached hydrogens (tertiary/aromatic N) is 2. The molecule has 0 aliphatic carbocycles. The summed E-state index contributed by atoms with van der Waals surface area (Å²) in [5.74, 6) is -1.40. The van der Waals surface area contributed by atoms with Gasteiger partial charge in [0, 0.05) is 14.1 Å². The lowest BCUT2D eigenvalue weighted by atomic mass is 10.1. The van der Waals surface area contributed by atoms with E-state index in [0.29, 0.717) is 12.8 Å². The summed E-state index contributed by atoms with van der Waals surface area (Å²) < 4.78 is 13.1. The molecule has 1 amide bonds. The summed E-state index contributed by atoms with van der Waals surface area (Å²) in [5.41, 5.74) is 6.57. The van der Waals surface area contributed by atoms with Crippen molar-refractivity contribution in [2.75, 3.05) is 14.1 Å². The zero-order valence-corrected chi connectivity index (χ0v) is 14.1. The van der Waals surface area contributed by atoms with Crippen LogP contribution in [0.2, 0.25) is 0 Å². The number of likely N-dealkylation sites (N-methyl/N-ethyl adjacent to an activating group) is 2. The third-order valence-corrected chi connectivity index (χ3v) is 3.52.